The van der Waals surface area contributed by atoms with Gasteiger partial charge < -0.3 is 14.8 Å². The van der Waals surface area contributed by atoms with Crippen LogP contribution in [-0.2, 0) is 10.0 Å². The van der Waals surface area contributed by atoms with E-state index in [9.17, 15) is 13.2 Å². The van der Waals surface area contributed by atoms with Crippen LogP contribution < -0.4 is 19.5 Å². The van der Waals surface area contributed by atoms with Gasteiger partial charge in [0.15, 0.2) is 11.5 Å². The van der Waals surface area contributed by atoms with Crippen molar-refractivity contribution in [2.45, 2.75) is 17.2 Å². The lowest BCUT2D eigenvalue weighted by atomic mass is 10.1. The van der Waals surface area contributed by atoms with Crippen LogP contribution in [-0.4, -0.2) is 28.5 Å². The molecule has 0 bridgehead atoms. The van der Waals surface area contributed by atoms with Crippen molar-refractivity contribution in [1.82, 2.24) is 5.32 Å². The van der Waals surface area contributed by atoms with Gasteiger partial charge in [0.25, 0.3) is 15.9 Å². The number of hydrogen-bond donors (Lipinski definition) is 2. The average molecular weight is 447 g/mol. The quantitative estimate of drug-likeness (QED) is 0.544. The molecule has 1 atom stereocenters. The summed E-state index contributed by atoms with van der Waals surface area (Å²) in [7, 11) is -0.508. The largest absolute Gasteiger partial charge is 0.493 e. The molecule has 3 aromatic rings. The molecule has 7 nitrogen and oxygen atoms in total. The van der Waals surface area contributed by atoms with Gasteiger partial charge in [0.2, 0.25) is 0 Å². The van der Waals surface area contributed by atoms with Crippen molar-refractivity contribution in [2.24, 2.45) is 0 Å². The van der Waals surface area contributed by atoms with E-state index in [2.05, 4.69) is 10.0 Å². The normalized spacial score (nSPS) is 12.1. The number of hydrogen-bond acceptors (Lipinski definition) is 6. The van der Waals surface area contributed by atoms with Gasteiger partial charge in [-0.2, -0.15) is 0 Å². The summed E-state index contributed by atoms with van der Waals surface area (Å²) in [4.78, 5) is 12.6. The van der Waals surface area contributed by atoms with Crippen LogP contribution in [0.4, 0.5) is 5.69 Å². The van der Waals surface area contributed by atoms with Gasteiger partial charge in [0, 0.05) is 11.3 Å². The van der Waals surface area contributed by atoms with Gasteiger partial charge in [-0.05, 0) is 60.3 Å². The Labute approximate surface area is 179 Å². The van der Waals surface area contributed by atoms with E-state index >= 15 is 0 Å². The number of thiophene rings is 1. The molecule has 0 spiro atoms. The zero-order valence-corrected chi connectivity index (χ0v) is 18.3. The molecule has 0 aliphatic carbocycles. The number of benzene rings is 2. The summed E-state index contributed by atoms with van der Waals surface area (Å²) in [5.74, 6) is 0.920. The standard InChI is InChI=1S/C21H22N2O5S2/c1-14(16-8-11-18(27-2)19(13-16)28-3)22-21(24)15-6-9-17(10-7-15)23-30(25,26)20-5-4-12-29-20/h4-14,23H,1-3H3,(H,22,24). The van der Waals surface area contributed by atoms with Crippen LogP contribution in [0.15, 0.2) is 64.2 Å². The van der Waals surface area contributed by atoms with Gasteiger partial charge in [0.1, 0.15) is 4.21 Å². The minimum atomic E-state index is -3.62. The second-order valence-corrected chi connectivity index (χ2v) is 9.28. The Morgan fingerprint density at radius 2 is 1.70 bits per heavy atom. The van der Waals surface area contributed by atoms with E-state index in [0.29, 0.717) is 22.7 Å². The summed E-state index contributed by atoms with van der Waals surface area (Å²) in [6.45, 7) is 1.86. The third-order valence-corrected chi connectivity index (χ3v) is 7.19. The molecule has 2 N–H and O–H groups in total. The molecule has 30 heavy (non-hydrogen) atoms. The van der Waals surface area contributed by atoms with Gasteiger partial charge in [-0.15, -0.1) is 11.3 Å². The monoisotopic (exact) mass is 446 g/mol. The second kappa shape index (κ2) is 9.19. The fraction of sp³-hybridized carbons (Fsp3) is 0.190. The van der Waals surface area contributed by atoms with Crippen molar-refractivity contribution in [3.63, 3.8) is 0 Å². The van der Waals surface area contributed by atoms with Gasteiger partial charge >= 0.3 is 0 Å². The van der Waals surface area contributed by atoms with Crippen LogP contribution in [0, 0.1) is 0 Å². The number of amides is 1. The Balaban J connectivity index is 1.67. The van der Waals surface area contributed by atoms with E-state index in [-0.39, 0.29) is 16.2 Å². The molecule has 0 fully saturated rings. The van der Waals surface area contributed by atoms with Gasteiger partial charge in [0.05, 0.1) is 20.3 Å². The second-order valence-electron chi connectivity index (χ2n) is 6.42. The fourth-order valence-electron chi connectivity index (χ4n) is 2.80. The van der Waals surface area contributed by atoms with E-state index in [1.54, 1.807) is 56.0 Å². The fourth-order valence-corrected chi connectivity index (χ4v) is 4.85. The van der Waals surface area contributed by atoms with Crippen LogP contribution >= 0.6 is 11.3 Å². The topological polar surface area (TPSA) is 93.7 Å². The zero-order chi connectivity index (χ0) is 21.7. The predicted octanol–water partition coefficient (Wildman–Crippen LogP) is 4.06. The Kier molecular flexibility index (Phi) is 6.63. The molecule has 158 valence electrons. The van der Waals surface area contributed by atoms with E-state index in [1.165, 1.54) is 6.07 Å². The molecule has 0 radical (unpaired) electrons. The van der Waals surface area contributed by atoms with Gasteiger partial charge in [-0.1, -0.05) is 12.1 Å². The maximum Gasteiger partial charge on any atom is 0.271 e. The maximum atomic E-state index is 12.6. The number of sulfonamides is 1. The molecule has 3 rings (SSSR count). The van der Waals surface area contributed by atoms with Crippen molar-refractivity contribution in [3.8, 4) is 11.5 Å². The Morgan fingerprint density at radius 3 is 2.30 bits per heavy atom. The van der Waals surface area contributed by atoms with Gasteiger partial charge in [-0.3, -0.25) is 9.52 Å². The number of rotatable bonds is 8. The molecule has 1 amide bonds. The first-order valence-electron chi connectivity index (χ1n) is 9.03. The molecule has 0 saturated heterocycles. The molecule has 1 aromatic heterocycles. The Hall–Kier alpha value is -3.04. The predicted molar refractivity (Wildman–Crippen MR) is 117 cm³/mol. The highest BCUT2D eigenvalue weighted by Crippen LogP contribution is 2.30. The third kappa shape index (κ3) is 4.92. The zero-order valence-electron chi connectivity index (χ0n) is 16.7. The Morgan fingerprint density at radius 1 is 1.00 bits per heavy atom. The molecule has 0 saturated carbocycles. The van der Waals surface area contributed by atoms with Crippen LogP contribution in [0.5, 0.6) is 11.5 Å². The van der Waals surface area contributed by atoms with Crippen molar-refractivity contribution in [2.75, 3.05) is 18.9 Å². The molecular weight excluding hydrogens is 424 g/mol. The molecule has 2 aromatic carbocycles. The highest BCUT2D eigenvalue weighted by molar-refractivity contribution is 7.94. The van der Waals surface area contributed by atoms with Crippen LogP contribution in [0.1, 0.15) is 28.9 Å². The summed E-state index contributed by atoms with van der Waals surface area (Å²) >= 11 is 1.14. The molecule has 1 heterocycles. The van der Waals surface area contributed by atoms with E-state index in [1.807, 2.05) is 19.1 Å². The first-order valence-corrected chi connectivity index (χ1v) is 11.4. The van der Waals surface area contributed by atoms with Crippen molar-refractivity contribution in [1.29, 1.82) is 0 Å². The lowest BCUT2D eigenvalue weighted by Gasteiger charge is -2.17. The minimum Gasteiger partial charge on any atom is -0.493 e. The molecule has 9 heteroatoms. The first-order chi connectivity index (χ1) is 14.3. The summed E-state index contributed by atoms with van der Waals surface area (Å²) in [5, 5.41) is 4.62. The van der Waals surface area contributed by atoms with Crippen LogP contribution in [0.25, 0.3) is 0 Å². The number of carbonyl (C=O) groups excluding carboxylic acids is 1. The summed E-state index contributed by atoms with van der Waals surface area (Å²) in [5.41, 5.74) is 1.66. The molecule has 1 unspecified atom stereocenters. The van der Waals surface area contributed by atoms with Crippen LogP contribution in [0.2, 0.25) is 0 Å². The van der Waals surface area contributed by atoms with Crippen LogP contribution in [0.3, 0.4) is 0 Å². The third-order valence-electron chi connectivity index (χ3n) is 4.41. The summed E-state index contributed by atoms with van der Waals surface area (Å²) < 4.78 is 37.8. The lowest BCUT2D eigenvalue weighted by molar-refractivity contribution is 0.0940. The van der Waals surface area contributed by atoms with E-state index in [0.717, 1.165) is 16.9 Å². The SMILES string of the molecule is COc1ccc(C(C)NC(=O)c2ccc(NS(=O)(=O)c3cccs3)cc2)cc1OC. The number of anilines is 1. The van der Waals surface area contributed by atoms with E-state index < -0.39 is 10.0 Å². The highest BCUT2D eigenvalue weighted by Gasteiger charge is 2.17. The summed E-state index contributed by atoms with van der Waals surface area (Å²) in [6.07, 6.45) is 0. The minimum absolute atomic E-state index is 0.230. The number of carbonyl (C=O) groups is 1. The number of ether oxygens (including phenoxy) is 2. The molecule has 0 aliphatic rings. The number of nitrogens with one attached hydrogen (secondary N) is 2. The van der Waals surface area contributed by atoms with Crippen molar-refractivity contribution >= 4 is 33.0 Å². The Bertz CT molecular complexity index is 1110. The highest BCUT2D eigenvalue weighted by atomic mass is 32.2. The van der Waals surface area contributed by atoms with Crippen molar-refractivity contribution in [3.05, 3.63) is 71.1 Å². The summed E-state index contributed by atoms with van der Waals surface area (Å²) in [6, 6.07) is 14.6. The molecule has 0 aliphatic heterocycles. The average Bonchev–Trinajstić information content (AvgIpc) is 3.29. The smallest absolute Gasteiger partial charge is 0.271 e. The maximum absolute atomic E-state index is 12.6. The lowest BCUT2D eigenvalue weighted by Crippen LogP contribution is -2.26. The number of methoxy groups -OCH3 is 2. The molecular formula is C21H22N2O5S2. The first kappa shape index (κ1) is 21.7. The van der Waals surface area contributed by atoms with Gasteiger partial charge in [-0.25, -0.2) is 8.42 Å². The van der Waals surface area contributed by atoms with Crippen molar-refractivity contribution < 1.29 is 22.7 Å². The van der Waals surface area contributed by atoms with E-state index in [4.69, 9.17) is 9.47 Å².